The molecule has 2 aromatic heterocycles. The van der Waals surface area contributed by atoms with Crippen molar-refractivity contribution in [1.29, 1.82) is 0 Å². The number of oxime groups is 1. The molecule has 0 radical (unpaired) electrons. The fourth-order valence-electron chi connectivity index (χ4n) is 2.03. The molecule has 0 fully saturated rings. The van der Waals surface area contributed by atoms with E-state index in [0.29, 0.717) is 22.9 Å². The van der Waals surface area contributed by atoms with E-state index in [4.69, 9.17) is 5.21 Å². The second-order valence-corrected chi connectivity index (χ2v) is 4.56. The topological polar surface area (TPSA) is 109 Å². The largest absolute Gasteiger partial charge is 0.411 e. The summed E-state index contributed by atoms with van der Waals surface area (Å²) in [6.45, 7) is 3.38. The summed E-state index contributed by atoms with van der Waals surface area (Å²) < 4.78 is 1.48. The van der Waals surface area contributed by atoms with Gasteiger partial charge in [-0.15, -0.1) is 5.10 Å². The average Bonchev–Trinajstić information content (AvgIpc) is 2.90. The Labute approximate surface area is 118 Å². The molecule has 1 aromatic carbocycles. The monoisotopic (exact) mass is 284 g/mol. The zero-order chi connectivity index (χ0) is 15.0. The third kappa shape index (κ3) is 2.16. The molecule has 0 aliphatic rings. The second-order valence-electron chi connectivity index (χ2n) is 4.56. The maximum Gasteiger partial charge on any atom is 0.281 e. The Morgan fingerprint density at radius 2 is 2.24 bits per heavy atom. The molecule has 2 N–H and O–H groups in total. The first-order valence-corrected chi connectivity index (χ1v) is 6.22. The van der Waals surface area contributed by atoms with Crippen molar-refractivity contribution in [3.05, 3.63) is 46.0 Å². The third-order valence-corrected chi connectivity index (χ3v) is 3.09. The van der Waals surface area contributed by atoms with Crippen LogP contribution in [0, 0.1) is 6.92 Å². The van der Waals surface area contributed by atoms with Crippen LogP contribution in [0.15, 0.2) is 34.2 Å². The second kappa shape index (κ2) is 4.82. The van der Waals surface area contributed by atoms with Crippen molar-refractivity contribution in [3.8, 4) is 5.69 Å². The van der Waals surface area contributed by atoms with Gasteiger partial charge >= 0.3 is 0 Å². The third-order valence-electron chi connectivity index (χ3n) is 3.09. The number of nitrogens with one attached hydrogen (secondary N) is 1. The Morgan fingerprint density at radius 3 is 3.00 bits per heavy atom. The molecule has 0 atom stereocenters. The molecule has 0 aliphatic heterocycles. The Kier molecular flexibility index (Phi) is 2.98. The van der Waals surface area contributed by atoms with Crippen molar-refractivity contribution < 1.29 is 5.21 Å². The molecule has 0 aliphatic carbocycles. The minimum atomic E-state index is -0.326. The summed E-state index contributed by atoms with van der Waals surface area (Å²) in [7, 11) is 0. The lowest BCUT2D eigenvalue weighted by Crippen LogP contribution is -2.10. The molecular formula is C13H12N6O2. The minimum absolute atomic E-state index is 0.179. The number of aromatic amines is 1. The highest BCUT2D eigenvalue weighted by molar-refractivity contribution is 5.98. The summed E-state index contributed by atoms with van der Waals surface area (Å²) in [6.07, 6.45) is 0. The van der Waals surface area contributed by atoms with Crippen LogP contribution in [0.3, 0.4) is 0 Å². The smallest absolute Gasteiger partial charge is 0.281 e. The number of aryl methyl sites for hydroxylation is 1. The van der Waals surface area contributed by atoms with Gasteiger partial charge in [0, 0.05) is 5.56 Å². The molecule has 0 bridgehead atoms. The van der Waals surface area contributed by atoms with Crippen LogP contribution in [-0.2, 0) is 0 Å². The summed E-state index contributed by atoms with van der Waals surface area (Å²) in [6, 6.07) is 7.19. The van der Waals surface area contributed by atoms with Gasteiger partial charge in [-0.2, -0.15) is 4.68 Å². The van der Waals surface area contributed by atoms with Crippen LogP contribution in [0.25, 0.3) is 16.9 Å². The van der Waals surface area contributed by atoms with E-state index in [2.05, 4.69) is 25.4 Å². The Hall–Kier alpha value is -3.03. The maximum absolute atomic E-state index is 11.8. The average molecular weight is 284 g/mol. The van der Waals surface area contributed by atoms with E-state index in [1.165, 1.54) is 4.68 Å². The van der Waals surface area contributed by atoms with Gasteiger partial charge in [0.15, 0.2) is 11.2 Å². The van der Waals surface area contributed by atoms with Crippen LogP contribution >= 0.6 is 0 Å². The summed E-state index contributed by atoms with van der Waals surface area (Å²) in [4.78, 5) is 18.7. The van der Waals surface area contributed by atoms with Gasteiger partial charge in [0.05, 0.1) is 11.4 Å². The highest BCUT2D eigenvalue weighted by atomic mass is 16.4. The maximum atomic E-state index is 11.8. The lowest BCUT2D eigenvalue weighted by Gasteiger charge is -2.04. The van der Waals surface area contributed by atoms with Crippen molar-refractivity contribution in [2.24, 2.45) is 5.16 Å². The zero-order valence-electron chi connectivity index (χ0n) is 11.4. The molecule has 3 rings (SSSR count). The Morgan fingerprint density at radius 1 is 1.43 bits per heavy atom. The van der Waals surface area contributed by atoms with Gasteiger partial charge < -0.3 is 10.2 Å². The molecule has 106 valence electrons. The van der Waals surface area contributed by atoms with Crippen molar-refractivity contribution in [1.82, 2.24) is 25.0 Å². The number of fused-ring (bicyclic) bond motifs is 1. The fraction of sp³-hybridized carbons (Fsp3) is 0.154. The summed E-state index contributed by atoms with van der Waals surface area (Å²) in [5.74, 6) is 0.486. The van der Waals surface area contributed by atoms with E-state index < -0.39 is 0 Å². The first-order chi connectivity index (χ1) is 10.1. The number of H-pyrrole nitrogens is 1. The van der Waals surface area contributed by atoms with Crippen molar-refractivity contribution in [2.75, 3.05) is 0 Å². The highest BCUT2D eigenvalue weighted by Crippen LogP contribution is 2.14. The summed E-state index contributed by atoms with van der Waals surface area (Å²) >= 11 is 0. The number of nitrogens with zero attached hydrogens (tertiary/aromatic N) is 5. The number of rotatable bonds is 2. The van der Waals surface area contributed by atoms with Gasteiger partial charge in [0.1, 0.15) is 5.82 Å². The van der Waals surface area contributed by atoms with Crippen molar-refractivity contribution in [3.63, 3.8) is 0 Å². The van der Waals surface area contributed by atoms with Gasteiger partial charge in [0.25, 0.3) is 5.56 Å². The highest BCUT2D eigenvalue weighted by Gasteiger charge is 2.12. The van der Waals surface area contributed by atoms with Gasteiger partial charge in [-0.05, 0) is 26.0 Å². The number of hydrogen-bond donors (Lipinski definition) is 2. The predicted molar refractivity (Wildman–Crippen MR) is 76.0 cm³/mol. The standard InChI is InChI=1S/C13H12N6O2/c1-7(17-21)9-4-3-5-10(6-9)19-12-11(16-18-19)13(20)15-8(2)14-12/h3-6,21H,1-2H3,(H,14,15,20)/b17-7-. The van der Waals surface area contributed by atoms with E-state index in [0.717, 1.165) is 5.56 Å². The van der Waals surface area contributed by atoms with Crippen LogP contribution in [0.4, 0.5) is 0 Å². The van der Waals surface area contributed by atoms with Crippen LogP contribution in [0.5, 0.6) is 0 Å². The zero-order valence-corrected chi connectivity index (χ0v) is 11.4. The van der Waals surface area contributed by atoms with Gasteiger partial charge in [-0.25, -0.2) is 4.98 Å². The number of aromatic nitrogens is 5. The first kappa shape index (κ1) is 13.0. The molecular weight excluding hydrogens is 272 g/mol. The number of benzene rings is 1. The van der Waals surface area contributed by atoms with E-state index in [-0.39, 0.29) is 11.1 Å². The normalized spacial score (nSPS) is 12.0. The number of hydrogen-bond acceptors (Lipinski definition) is 6. The van der Waals surface area contributed by atoms with Crippen LogP contribution in [0.2, 0.25) is 0 Å². The van der Waals surface area contributed by atoms with E-state index in [1.54, 1.807) is 32.0 Å². The molecule has 3 aromatic rings. The van der Waals surface area contributed by atoms with Gasteiger partial charge in [-0.3, -0.25) is 4.79 Å². The molecule has 0 spiro atoms. The molecule has 21 heavy (non-hydrogen) atoms. The Bertz CT molecular complexity index is 908. The van der Waals surface area contributed by atoms with Crippen LogP contribution in [0.1, 0.15) is 18.3 Å². The van der Waals surface area contributed by atoms with Crippen LogP contribution in [-0.4, -0.2) is 35.9 Å². The molecule has 8 heteroatoms. The Balaban J connectivity index is 2.24. The predicted octanol–water partition coefficient (Wildman–Crippen LogP) is 1.01. The quantitative estimate of drug-likeness (QED) is 0.414. The minimum Gasteiger partial charge on any atom is -0.411 e. The lowest BCUT2D eigenvalue weighted by atomic mass is 10.1. The summed E-state index contributed by atoms with van der Waals surface area (Å²) in [5.41, 5.74) is 2.12. The van der Waals surface area contributed by atoms with Gasteiger partial charge in [-0.1, -0.05) is 22.5 Å². The molecule has 8 nitrogen and oxygen atoms in total. The van der Waals surface area contributed by atoms with Gasteiger partial charge in [0.2, 0.25) is 0 Å². The molecule has 0 saturated carbocycles. The molecule has 0 unspecified atom stereocenters. The van der Waals surface area contributed by atoms with Crippen molar-refractivity contribution >= 4 is 16.9 Å². The van der Waals surface area contributed by atoms with E-state index >= 15 is 0 Å². The first-order valence-electron chi connectivity index (χ1n) is 6.22. The van der Waals surface area contributed by atoms with Crippen LogP contribution < -0.4 is 5.56 Å². The lowest BCUT2D eigenvalue weighted by molar-refractivity contribution is 0.319. The molecule has 0 amide bonds. The summed E-state index contributed by atoms with van der Waals surface area (Å²) in [5, 5.41) is 19.9. The molecule has 0 saturated heterocycles. The fourth-order valence-corrected chi connectivity index (χ4v) is 2.03. The van der Waals surface area contributed by atoms with E-state index in [9.17, 15) is 4.79 Å². The van der Waals surface area contributed by atoms with E-state index in [1.807, 2.05) is 6.07 Å². The molecule has 2 heterocycles. The SMILES string of the molecule is C/C(=N/O)c1cccc(-n2nnc3c(=O)[nH]c(C)nc32)c1. The van der Waals surface area contributed by atoms with Crippen molar-refractivity contribution in [2.45, 2.75) is 13.8 Å².